The zero-order valence-corrected chi connectivity index (χ0v) is 14.9. The fraction of sp³-hybridized carbons (Fsp3) is 0.941. The van der Waals surface area contributed by atoms with Crippen LogP contribution in [0.3, 0.4) is 0 Å². The minimum Gasteiger partial charge on any atom is -0.468 e. The Kier molecular flexibility index (Phi) is 5.60. The van der Waals surface area contributed by atoms with E-state index in [0.29, 0.717) is 31.8 Å². The summed E-state index contributed by atoms with van der Waals surface area (Å²) in [5.74, 6) is -1.17. The zero-order chi connectivity index (χ0) is 18.2. The molecule has 1 aliphatic carbocycles. The van der Waals surface area contributed by atoms with Crippen molar-refractivity contribution in [3.8, 4) is 0 Å². The number of ether oxygens (including phenoxy) is 1. The van der Waals surface area contributed by atoms with Crippen LogP contribution in [0.5, 0.6) is 0 Å². The second-order valence-corrected chi connectivity index (χ2v) is 7.78. The largest absolute Gasteiger partial charge is 0.468 e. The molecule has 3 rings (SSSR count). The summed E-state index contributed by atoms with van der Waals surface area (Å²) in [4.78, 5) is 16.6. The summed E-state index contributed by atoms with van der Waals surface area (Å²) < 4.78 is 43.5. The van der Waals surface area contributed by atoms with Gasteiger partial charge in [0.05, 0.1) is 13.0 Å². The number of hydrogen-bond acceptors (Lipinski definition) is 5. The number of hydrogen-bond donors (Lipinski definition) is 1. The number of likely N-dealkylation sites (tertiary alicyclic amines) is 1. The van der Waals surface area contributed by atoms with E-state index in [9.17, 15) is 18.0 Å². The molecule has 3 atom stereocenters. The van der Waals surface area contributed by atoms with Crippen LogP contribution in [0.2, 0.25) is 0 Å². The van der Waals surface area contributed by atoms with E-state index in [1.165, 1.54) is 7.11 Å². The van der Waals surface area contributed by atoms with Crippen molar-refractivity contribution in [2.24, 2.45) is 11.8 Å². The maximum absolute atomic E-state index is 12.8. The van der Waals surface area contributed by atoms with E-state index in [1.807, 2.05) is 0 Å². The molecule has 2 heterocycles. The molecule has 25 heavy (non-hydrogen) atoms. The Labute approximate surface area is 146 Å². The van der Waals surface area contributed by atoms with Crippen molar-refractivity contribution in [1.29, 1.82) is 0 Å². The van der Waals surface area contributed by atoms with Crippen molar-refractivity contribution in [2.75, 3.05) is 33.9 Å². The highest BCUT2D eigenvalue weighted by Gasteiger charge is 2.45. The molecule has 2 saturated heterocycles. The minimum absolute atomic E-state index is 0.207. The molecule has 0 amide bonds. The lowest BCUT2D eigenvalue weighted by Gasteiger charge is -2.43. The number of likely N-dealkylation sites (N-methyl/N-ethyl adjacent to an activating group) is 1. The Balaban J connectivity index is 1.61. The summed E-state index contributed by atoms with van der Waals surface area (Å²) in [6.07, 6.45) is -1.81. The van der Waals surface area contributed by atoms with Crippen LogP contribution in [0.15, 0.2) is 0 Å². The molecule has 3 aliphatic rings. The quantitative estimate of drug-likeness (QED) is 0.775. The fourth-order valence-corrected chi connectivity index (χ4v) is 4.67. The number of carbonyl (C=O) groups is 1. The SMILES string of the molecule is COC(=O)C1CC2NCN(C)C2CN1CC1CCC(C(F)(F)F)CC1. The number of methoxy groups -OCH3 is 1. The predicted octanol–water partition coefficient (Wildman–Crippen LogP) is 1.83. The number of carbonyl (C=O) groups excluding carboxylic acids is 1. The highest BCUT2D eigenvalue weighted by Crippen LogP contribution is 2.40. The third kappa shape index (κ3) is 4.11. The van der Waals surface area contributed by atoms with Crippen LogP contribution in [0, 0.1) is 11.8 Å². The minimum atomic E-state index is -4.07. The lowest BCUT2D eigenvalue weighted by Crippen LogP contribution is -2.59. The predicted molar refractivity (Wildman–Crippen MR) is 86.8 cm³/mol. The Morgan fingerprint density at radius 2 is 1.92 bits per heavy atom. The molecule has 0 aromatic rings. The number of esters is 1. The molecule has 0 radical (unpaired) electrons. The Hall–Kier alpha value is -0.860. The van der Waals surface area contributed by atoms with Crippen molar-refractivity contribution in [3.05, 3.63) is 0 Å². The molecular formula is C17H28F3N3O2. The van der Waals surface area contributed by atoms with Gasteiger partial charge in [0.1, 0.15) is 6.04 Å². The standard InChI is InChI=1S/C17H28F3N3O2/c1-22-10-21-13-7-14(16(24)25-2)23(9-15(13)22)8-11-3-5-12(6-4-11)17(18,19)20/h11-15,21H,3-10H2,1-2H3. The third-order valence-electron chi connectivity index (χ3n) is 6.25. The number of piperidine rings is 1. The lowest BCUT2D eigenvalue weighted by atomic mass is 9.80. The van der Waals surface area contributed by atoms with Crippen molar-refractivity contribution in [2.45, 2.75) is 56.4 Å². The zero-order valence-electron chi connectivity index (χ0n) is 14.9. The van der Waals surface area contributed by atoms with Gasteiger partial charge in [-0.15, -0.1) is 0 Å². The normalized spacial score (nSPS) is 37.7. The average Bonchev–Trinajstić information content (AvgIpc) is 2.93. The van der Waals surface area contributed by atoms with E-state index in [-0.39, 0.29) is 36.8 Å². The van der Waals surface area contributed by atoms with Gasteiger partial charge in [0.2, 0.25) is 0 Å². The first-order chi connectivity index (χ1) is 11.8. The topological polar surface area (TPSA) is 44.8 Å². The molecule has 0 bridgehead atoms. The van der Waals surface area contributed by atoms with Gasteiger partial charge in [0.15, 0.2) is 0 Å². The van der Waals surface area contributed by atoms with Gasteiger partial charge in [0, 0.05) is 31.8 Å². The number of fused-ring (bicyclic) bond motifs is 1. The third-order valence-corrected chi connectivity index (χ3v) is 6.25. The van der Waals surface area contributed by atoms with Crippen LogP contribution in [0.4, 0.5) is 13.2 Å². The van der Waals surface area contributed by atoms with Crippen LogP contribution >= 0.6 is 0 Å². The molecule has 0 spiro atoms. The van der Waals surface area contributed by atoms with Crippen molar-refractivity contribution in [1.82, 2.24) is 15.1 Å². The molecular weight excluding hydrogens is 335 g/mol. The fourth-order valence-electron chi connectivity index (χ4n) is 4.67. The van der Waals surface area contributed by atoms with E-state index in [2.05, 4.69) is 22.2 Å². The van der Waals surface area contributed by atoms with Crippen molar-refractivity contribution >= 4 is 5.97 Å². The maximum Gasteiger partial charge on any atom is 0.391 e. The van der Waals surface area contributed by atoms with Crippen molar-refractivity contribution < 1.29 is 22.7 Å². The Morgan fingerprint density at radius 3 is 2.52 bits per heavy atom. The van der Waals surface area contributed by atoms with Crippen LogP contribution in [-0.2, 0) is 9.53 Å². The first-order valence-corrected chi connectivity index (χ1v) is 9.11. The summed E-state index contributed by atoms with van der Waals surface area (Å²) in [7, 11) is 3.46. The van der Waals surface area contributed by atoms with Crippen molar-refractivity contribution in [3.63, 3.8) is 0 Å². The van der Waals surface area contributed by atoms with Gasteiger partial charge >= 0.3 is 12.1 Å². The van der Waals surface area contributed by atoms with E-state index < -0.39 is 12.1 Å². The smallest absolute Gasteiger partial charge is 0.391 e. The highest BCUT2D eigenvalue weighted by molar-refractivity contribution is 5.76. The molecule has 144 valence electrons. The summed E-state index contributed by atoms with van der Waals surface area (Å²) in [5, 5.41) is 3.43. The first-order valence-electron chi connectivity index (χ1n) is 9.11. The monoisotopic (exact) mass is 363 g/mol. The van der Waals surface area contributed by atoms with Gasteiger partial charge in [-0.2, -0.15) is 13.2 Å². The van der Waals surface area contributed by atoms with Crippen LogP contribution in [0.25, 0.3) is 0 Å². The number of nitrogens with zero attached hydrogens (tertiary/aromatic N) is 2. The Bertz CT molecular complexity index is 480. The summed E-state index contributed by atoms with van der Waals surface area (Å²) in [6, 6.07) is 0.310. The summed E-state index contributed by atoms with van der Waals surface area (Å²) in [5.41, 5.74) is 0. The maximum atomic E-state index is 12.8. The van der Waals surface area contributed by atoms with Crippen LogP contribution in [-0.4, -0.2) is 74.0 Å². The summed E-state index contributed by atoms with van der Waals surface area (Å²) in [6.45, 7) is 2.24. The molecule has 8 heteroatoms. The molecule has 1 N–H and O–H groups in total. The molecule has 2 aliphatic heterocycles. The van der Waals surface area contributed by atoms with Crippen LogP contribution in [0.1, 0.15) is 32.1 Å². The summed E-state index contributed by atoms with van der Waals surface area (Å²) >= 11 is 0. The average molecular weight is 363 g/mol. The van der Waals surface area contributed by atoms with Gasteiger partial charge in [-0.05, 0) is 45.1 Å². The van der Waals surface area contributed by atoms with Gasteiger partial charge in [-0.3, -0.25) is 19.9 Å². The van der Waals surface area contributed by atoms with Gasteiger partial charge in [-0.1, -0.05) is 0 Å². The molecule has 5 nitrogen and oxygen atoms in total. The molecule has 1 saturated carbocycles. The number of alkyl halides is 3. The van der Waals surface area contributed by atoms with E-state index >= 15 is 0 Å². The van der Waals surface area contributed by atoms with E-state index in [4.69, 9.17) is 4.74 Å². The van der Waals surface area contributed by atoms with Crippen LogP contribution < -0.4 is 5.32 Å². The van der Waals surface area contributed by atoms with Gasteiger partial charge in [0.25, 0.3) is 0 Å². The second-order valence-electron chi connectivity index (χ2n) is 7.78. The Morgan fingerprint density at radius 1 is 1.24 bits per heavy atom. The highest BCUT2D eigenvalue weighted by atomic mass is 19.4. The van der Waals surface area contributed by atoms with Gasteiger partial charge in [-0.25, -0.2) is 0 Å². The lowest BCUT2D eigenvalue weighted by molar-refractivity contribution is -0.184. The number of halogens is 3. The molecule has 0 aromatic heterocycles. The number of rotatable bonds is 3. The molecule has 0 aromatic carbocycles. The second kappa shape index (κ2) is 7.40. The molecule has 3 fully saturated rings. The van der Waals surface area contributed by atoms with E-state index in [1.54, 1.807) is 0 Å². The van der Waals surface area contributed by atoms with E-state index in [0.717, 1.165) is 13.2 Å². The van der Waals surface area contributed by atoms with Gasteiger partial charge < -0.3 is 4.74 Å². The first kappa shape index (κ1) is 18.9. The molecule has 3 unspecified atom stereocenters. The number of nitrogens with one attached hydrogen (secondary N) is 1.